The van der Waals surface area contributed by atoms with Crippen molar-refractivity contribution in [3.05, 3.63) is 70.1 Å². The van der Waals surface area contributed by atoms with Gasteiger partial charge in [-0.15, -0.1) is 0 Å². The molecule has 0 aliphatic carbocycles. The zero-order chi connectivity index (χ0) is 26.5. The SMILES string of the molecule is CNc1cc(C)c(/C=C/S(=O)(=O)N2CCC3(CC2)N=C(CCCCCc2ccccc2)NC3=O)c(C)c1. The average Bonchev–Trinajstić information content (AvgIpc) is 3.18. The summed E-state index contributed by atoms with van der Waals surface area (Å²) in [5.74, 6) is 0.659. The molecule has 2 N–H and O–H groups in total. The number of benzene rings is 2. The molecular weight excluding hydrogens is 484 g/mol. The molecule has 198 valence electrons. The monoisotopic (exact) mass is 522 g/mol. The molecule has 0 bridgehead atoms. The number of carbonyl (C=O) groups excluding carboxylic acids is 1. The van der Waals surface area contributed by atoms with E-state index in [0.29, 0.717) is 12.8 Å². The second kappa shape index (κ2) is 11.6. The van der Waals surface area contributed by atoms with E-state index in [4.69, 9.17) is 4.99 Å². The van der Waals surface area contributed by atoms with Gasteiger partial charge in [0.15, 0.2) is 0 Å². The first kappa shape index (κ1) is 27.1. The molecule has 1 amide bonds. The molecule has 8 heteroatoms. The van der Waals surface area contributed by atoms with Crippen LogP contribution in [0.5, 0.6) is 0 Å². The molecule has 0 radical (unpaired) electrons. The van der Waals surface area contributed by atoms with E-state index in [1.165, 1.54) is 15.3 Å². The summed E-state index contributed by atoms with van der Waals surface area (Å²) in [6.45, 7) is 4.51. The van der Waals surface area contributed by atoms with E-state index >= 15 is 0 Å². The lowest BCUT2D eigenvalue weighted by molar-refractivity contribution is -0.124. The van der Waals surface area contributed by atoms with E-state index in [0.717, 1.165) is 60.3 Å². The molecule has 0 unspecified atom stereocenters. The van der Waals surface area contributed by atoms with Crippen LogP contribution >= 0.6 is 0 Å². The van der Waals surface area contributed by atoms with Crippen LogP contribution in [0.15, 0.2) is 52.9 Å². The summed E-state index contributed by atoms with van der Waals surface area (Å²) in [6.07, 6.45) is 7.44. The first-order valence-electron chi connectivity index (χ1n) is 13.1. The van der Waals surface area contributed by atoms with Crippen LogP contribution in [0.1, 0.15) is 60.8 Å². The van der Waals surface area contributed by atoms with Crippen LogP contribution in [-0.2, 0) is 21.2 Å². The van der Waals surface area contributed by atoms with Gasteiger partial charge in [0.2, 0.25) is 10.0 Å². The standard InChI is InChI=1S/C29H38N4O3S/c1-22-20-25(30-3)21-23(2)26(22)14-19-37(35,36)33-17-15-29(16-18-33)28(34)31-27(32-29)13-9-5-8-12-24-10-6-4-7-11-24/h4,6-7,10-11,14,19-21,30H,5,8-9,12-13,15-18H2,1-3H3,(H,31,32,34)/b19-14+. The molecule has 0 atom stereocenters. The third kappa shape index (κ3) is 6.48. The van der Waals surface area contributed by atoms with Crippen molar-refractivity contribution in [2.24, 2.45) is 4.99 Å². The number of rotatable bonds is 10. The lowest BCUT2D eigenvalue weighted by atomic mass is 9.89. The highest BCUT2D eigenvalue weighted by atomic mass is 32.2. The summed E-state index contributed by atoms with van der Waals surface area (Å²) in [7, 11) is -1.73. The molecule has 0 aromatic heterocycles. The molecule has 2 aliphatic rings. The van der Waals surface area contributed by atoms with Gasteiger partial charge in [-0.1, -0.05) is 36.8 Å². The highest BCUT2D eigenvalue weighted by Gasteiger charge is 2.46. The topological polar surface area (TPSA) is 90.9 Å². The fourth-order valence-electron chi connectivity index (χ4n) is 5.22. The fourth-order valence-corrected chi connectivity index (χ4v) is 6.39. The maximum atomic E-state index is 13.0. The number of nitrogens with zero attached hydrogens (tertiary/aromatic N) is 2. The maximum absolute atomic E-state index is 13.0. The number of amides is 1. The highest BCUT2D eigenvalue weighted by molar-refractivity contribution is 7.92. The smallest absolute Gasteiger partial charge is 0.253 e. The van der Waals surface area contributed by atoms with Gasteiger partial charge in [0.1, 0.15) is 11.4 Å². The fraction of sp³-hybridized carbons (Fsp3) is 0.448. The number of aliphatic imine (C=N–C) groups is 1. The third-order valence-corrected chi connectivity index (χ3v) is 9.01. The van der Waals surface area contributed by atoms with Crippen LogP contribution in [-0.4, -0.2) is 50.1 Å². The number of hydrogen-bond acceptors (Lipinski definition) is 5. The molecule has 7 nitrogen and oxygen atoms in total. The van der Waals surface area contributed by atoms with E-state index in [-0.39, 0.29) is 19.0 Å². The molecule has 2 aromatic carbocycles. The van der Waals surface area contributed by atoms with Crippen molar-refractivity contribution in [2.45, 2.75) is 64.3 Å². The first-order valence-corrected chi connectivity index (χ1v) is 14.6. The molecule has 0 saturated carbocycles. The van der Waals surface area contributed by atoms with E-state index in [2.05, 4.69) is 34.9 Å². The van der Waals surface area contributed by atoms with Crippen LogP contribution in [0.4, 0.5) is 5.69 Å². The number of carbonyl (C=O) groups is 1. The predicted molar refractivity (Wildman–Crippen MR) is 151 cm³/mol. The van der Waals surface area contributed by atoms with Gasteiger partial charge in [-0.25, -0.2) is 8.42 Å². The minimum atomic E-state index is -3.59. The maximum Gasteiger partial charge on any atom is 0.253 e. The minimum Gasteiger partial charge on any atom is -0.388 e. The normalized spacial score (nSPS) is 17.8. The Morgan fingerprint density at radius 3 is 2.32 bits per heavy atom. The summed E-state index contributed by atoms with van der Waals surface area (Å²) in [5, 5.41) is 7.38. The molecule has 1 saturated heterocycles. The average molecular weight is 523 g/mol. The number of aryl methyl sites for hydroxylation is 3. The van der Waals surface area contributed by atoms with Crippen LogP contribution in [0, 0.1) is 13.8 Å². The van der Waals surface area contributed by atoms with E-state index in [1.807, 2.05) is 39.1 Å². The largest absolute Gasteiger partial charge is 0.388 e. The van der Waals surface area contributed by atoms with Gasteiger partial charge in [0, 0.05) is 37.7 Å². The molecule has 2 aliphatic heterocycles. The number of amidine groups is 1. The van der Waals surface area contributed by atoms with Crippen molar-refractivity contribution in [1.29, 1.82) is 0 Å². The molecule has 37 heavy (non-hydrogen) atoms. The van der Waals surface area contributed by atoms with Gasteiger partial charge >= 0.3 is 0 Å². The van der Waals surface area contributed by atoms with Gasteiger partial charge in [0.05, 0.1) is 0 Å². The Kier molecular flexibility index (Phi) is 8.49. The summed E-state index contributed by atoms with van der Waals surface area (Å²) in [5.41, 5.74) is 4.45. The van der Waals surface area contributed by atoms with Crippen molar-refractivity contribution in [3.63, 3.8) is 0 Å². The zero-order valence-electron chi connectivity index (χ0n) is 22.1. The van der Waals surface area contributed by atoms with Crippen LogP contribution in [0.25, 0.3) is 6.08 Å². The molecule has 2 aromatic rings. The molecule has 1 fully saturated rings. The predicted octanol–water partition coefficient (Wildman–Crippen LogP) is 4.81. The number of anilines is 1. The second-order valence-electron chi connectivity index (χ2n) is 10.1. The van der Waals surface area contributed by atoms with Gasteiger partial charge in [-0.3, -0.25) is 9.79 Å². The second-order valence-corrected chi connectivity index (χ2v) is 11.9. The molecule has 4 rings (SSSR count). The lowest BCUT2D eigenvalue weighted by Gasteiger charge is -2.34. The molecule has 1 spiro atoms. The summed E-state index contributed by atoms with van der Waals surface area (Å²) in [4.78, 5) is 17.6. The quantitative estimate of drug-likeness (QED) is 0.438. The third-order valence-electron chi connectivity index (χ3n) is 7.45. The number of unbranched alkanes of at least 4 members (excludes halogenated alkanes) is 2. The summed E-state index contributed by atoms with van der Waals surface area (Å²) >= 11 is 0. The number of nitrogens with one attached hydrogen (secondary N) is 2. The van der Waals surface area contributed by atoms with Crippen molar-refractivity contribution in [2.75, 3.05) is 25.5 Å². The van der Waals surface area contributed by atoms with Gasteiger partial charge in [0.25, 0.3) is 5.91 Å². The van der Waals surface area contributed by atoms with Crippen molar-refractivity contribution >= 4 is 33.5 Å². The Balaban J connectivity index is 1.30. The highest BCUT2D eigenvalue weighted by Crippen LogP contribution is 2.32. The Morgan fingerprint density at radius 1 is 1.03 bits per heavy atom. The van der Waals surface area contributed by atoms with Gasteiger partial charge in [-0.05, 0) is 86.4 Å². The van der Waals surface area contributed by atoms with Crippen LogP contribution in [0.3, 0.4) is 0 Å². The first-order chi connectivity index (χ1) is 17.7. The minimum absolute atomic E-state index is 0.0877. The van der Waals surface area contributed by atoms with Crippen LogP contribution in [0.2, 0.25) is 0 Å². The van der Waals surface area contributed by atoms with E-state index < -0.39 is 15.6 Å². The Morgan fingerprint density at radius 2 is 1.68 bits per heavy atom. The van der Waals surface area contributed by atoms with E-state index in [9.17, 15) is 13.2 Å². The number of sulfonamides is 1. The van der Waals surface area contributed by atoms with Crippen molar-refractivity contribution in [1.82, 2.24) is 9.62 Å². The number of piperidine rings is 1. The number of hydrogen-bond donors (Lipinski definition) is 2. The van der Waals surface area contributed by atoms with Crippen LogP contribution < -0.4 is 10.6 Å². The zero-order valence-corrected chi connectivity index (χ0v) is 22.9. The Hall–Kier alpha value is -2.97. The lowest BCUT2D eigenvalue weighted by Crippen LogP contribution is -2.50. The Labute approximate surface area is 221 Å². The van der Waals surface area contributed by atoms with Gasteiger partial charge in [-0.2, -0.15) is 4.31 Å². The molecule has 2 heterocycles. The molecular formula is C29H38N4O3S. The Bertz CT molecular complexity index is 1250. The summed E-state index contributed by atoms with van der Waals surface area (Å²) < 4.78 is 27.6. The van der Waals surface area contributed by atoms with Gasteiger partial charge < -0.3 is 10.6 Å². The van der Waals surface area contributed by atoms with Crippen molar-refractivity contribution in [3.8, 4) is 0 Å². The van der Waals surface area contributed by atoms with Crippen molar-refractivity contribution < 1.29 is 13.2 Å². The summed E-state index contributed by atoms with van der Waals surface area (Å²) in [6, 6.07) is 14.5. The van der Waals surface area contributed by atoms with E-state index in [1.54, 1.807) is 6.08 Å².